The van der Waals surface area contributed by atoms with Crippen molar-refractivity contribution < 1.29 is 4.79 Å². The van der Waals surface area contributed by atoms with Crippen molar-refractivity contribution in [3.05, 3.63) is 52.8 Å². The van der Waals surface area contributed by atoms with Gasteiger partial charge in [0.2, 0.25) is 11.1 Å². The van der Waals surface area contributed by atoms with Crippen LogP contribution < -0.4 is 5.32 Å². The van der Waals surface area contributed by atoms with Gasteiger partial charge in [0.05, 0.1) is 5.75 Å². The number of hydrogen-bond acceptors (Lipinski definition) is 5. The highest BCUT2D eigenvalue weighted by Crippen LogP contribution is 2.15. The first-order chi connectivity index (χ1) is 12.0. The zero-order valence-electron chi connectivity index (χ0n) is 14.6. The zero-order chi connectivity index (χ0) is 17.8. The summed E-state index contributed by atoms with van der Waals surface area (Å²) >= 11 is 1.32. The van der Waals surface area contributed by atoms with Gasteiger partial charge in [0.25, 0.3) is 5.78 Å². The first-order valence-electron chi connectivity index (χ1n) is 8.18. The van der Waals surface area contributed by atoms with Crippen LogP contribution in [-0.2, 0) is 11.2 Å². The van der Waals surface area contributed by atoms with E-state index in [9.17, 15) is 4.79 Å². The van der Waals surface area contributed by atoms with Crippen LogP contribution in [0.25, 0.3) is 5.78 Å². The normalized spacial score (nSPS) is 11.0. The molecule has 1 amide bonds. The van der Waals surface area contributed by atoms with Crippen LogP contribution in [0.2, 0.25) is 0 Å². The Morgan fingerprint density at radius 2 is 2.00 bits per heavy atom. The Morgan fingerprint density at radius 1 is 1.20 bits per heavy atom. The van der Waals surface area contributed by atoms with E-state index in [1.165, 1.54) is 22.9 Å². The largest absolute Gasteiger partial charge is 0.355 e. The molecule has 3 rings (SSSR count). The Balaban J connectivity index is 1.51. The van der Waals surface area contributed by atoms with Crippen molar-refractivity contribution in [2.75, 3.05) is 12.3 Å². The van der Waals surface area contributed by atoms with E-state index >= 15 is 0 Å². The van der Waals surface area contributed by atoms with Crippen LogP contribution in [0.1, 0.15) is 22.5 Å². The van der Waals surface area contributed by atoms with Crippen LogP contribution in [0.5, 0.6) is 0 Å². The molecule has 0 unspecified atom stereocenters. The summed E-state index contributed by atoms with van der Waals surface area (Å²) in [5.74, 6) is 0.848. The van der Waals surface area contributed by atoms with Crippen molar-refractivity contribution >= 4 is 23.4 Å². The fraction of sp³-hybridized carbons (Fsp3) is 0.333. The Kier molecular flexibility index (Phi) is 5.33. The Labute approximate surface area is 151 Å². The number of benzene rings is 1. The number of fused-ring (bicyclic) bond motifs is 1. The van der Waals surface area contributed by atoms with Gasteiger partial charge < -0.3 is 5.32 Å². The maximum Gasteiger partial charge on any atom is 0.253 e. The van der Waals surface area contributed by atoms with Crippen molar-refractivity contribution in [2.45, 2.75) is 32.3 Å². The second-order valence-corrected chi connectivity index (χ2v) is 6.90. The molecule has 130 valence electrons. The average molecular weight is 355 g/mol. The van der Waals surface area contributed by atoms with Crippen molar-refractivity contribution in [3.63, 3.8) is 0 Å². The second kappa shape index (κ2) is 7.65. The molecule has 0 fully saturated rings. The molecule has 0 atom stereocenters. The van der Waals surface area contributed by atoms with Gasteiger partial charge in [0.1, 0.15) is 0 Å². The summed E-state index contributed by atoms with van der Waals surface area (Å²) in [6.07, 6.45) is 0.831. The number of hydrogen-bond donors (Lipinski definition) is 1. The highest BCUT2D eigenvalue weighted by atomic mass is 32.2. The van der Waals surface area contributed by atoms with Crippen LogP contribution in [-0.4, -0.2) is 37.8 Å². The first-order valence-corrected chi connectivity index (χ1v) is 9.16. The smallest absolute Gasteiger partial charge is 0.253 e. The van der Waals surface area contributed by atoms with E-state index in [0.29, 0.717) is 23.2 Å². The van der Waals surface area contributed by atoms with Gasteiger partial charge in [-0.1, -0.05) is 36.0 Å². The zero-order valence-corrected chi connectivity index (χ0v) is 15.4. The molecule has 3 aromatic rings. The molecule has 0 aliphatic rings. The summed E-state index contributed by atoms with van der Waals surface area (Å²) in [4.78, 5) is 20.7. The van der Waals surface area contributed by atoms with Gasteiger partial charge in [0.15, 0.2) is 0 Å². The third-order valence-corrected chi connectivity index (χ3v) is 4.75. The van der Waals surface area contributed by atoms with Gasteiger partial charge in [-0.25, -0.2) is 9.50 Å². The van der Waals surface area contributed by atoms with Crippen molar-refractivity contribution in [3.8, 4) is 0 Å². The van der Waals surface area contributed by atoms with E-state index in [2.05, 4.69) is 39.4 Å². The monoisotopic (exact) mass is 355 g/mol. The number of aryl methyl sites for hydroxylation is 3. The fourth-order valence-corrected chi connectivity index (χ4v) is 3.27. The number of amides is 1. The SMILES string of the molecule is Cc1cc(C)n2nc(SCC(=O)NCCc3ccccc3C)nc2n1. The number of thioether (sulfide) groups is 1. The highest BCUT2D eigenvalue weighted by Gasteiger charge is 2.10. The number of nitrogens with one attached hydrogen (secondary N) is 1. The molecule has 1 aromatic carbocycles. The molecule has 0 aliphatic heterocycles. The lowest BCUT2D eigenvalue weighted by Gasteiger charge is -2.06. The Morgan fingerprint density at radius 3 is 2.80 bits per heavy atom. The van der Waals surface area contributed by atoms with Crippen LogP contribution in [0.4, 0.5) is 0 Å². The summed E-state index contributed by atoms with van der Waals surface area (Å²) in [7, 11) is 0. The van der Waals surface area contributed by atoms with Crippen LogP contribution in [0.15, 0.2) is 35.5 Å². The number of carbonyl (C=O) groups excluding carboxylic acids is 1. The standard InChI is InChI=1S/C18H21N5OS/c1-12-6-4-5-7-15(12)8-9-19-16(24)11-25-18-21-17-20-13(2)10-14(3)23(17)22-18/h4-7,10H,8-9,11H2,1-3H3,(H,19,24). The summed E-state index contributed by atoms with van der Waals surface area (Å²) in [5.41, 5.74) is 4.39. The molecule has 0 saturated heterocycles. The first kappa shape index (κ1) is 17.4. The summed E-state index contributed by atoms with van der Waals surface area (Å²) < 4.78 is 1.70. The van der Waals surface area contributed by atoms with Gasteiger partial charge in [-0.15, -0.1) is 5.10 Å². The van der Waals surface area contributed by atoms with Gasteiger partial charge in [0, 0.05) is 17.9 Å². The minimum Gasteiger partial charge on any atom is -0.355 e. The van der Waals surface area contributed by atoms with E-state index in [4.69, 9.17) is 0 Å². The van der Waals surface area contributed by atoms with E-state index in [-0.39, 0.29) is 5.91 Å². The lowest BCUT2D eigenvalue weighted by molar-refractivity contribution is -0.118. The summed E-state index contributed by atoms with van der Waals surface area (Å²) in [6.45, 7) is 6.60. The van der Waals surface area contributed by atoms with Gasteiger partial charge in [-0.05, 0) is 44.4 Å². The molecule has 2 aromatic heterocycles. The van der Waals surface area contributed by atoms with Crippen LogP contribution in [0, 0.1) is 20.8 Å². The predicted octanol–water partition coefficient (Wildman–Crippen LogP) is 2.50. The maximum atomic E-state index is 12.0. The van der Waals surface area contributed by atoms with Crippen molar-refractivity contribution in [2.24, 2.45) is 0 Å². The van der Waals surface area contributed by atoms with E-state index in [1.807, 2.05) is 32.0 Å². The van der Waals surface area contributed by atoms with Crippen molar-refractivity contribution in [1.82, 2.24) is 24.9 Å². The van der Waals surface area contributed by atoms with Crippen molar-refractivity contribution in [1.29, 1.82) is 0 Å². The molecule has 0 radical (unpaired) electrons. The molecule has 0 aliphatic carbocycles. The lowest BCUT2D eigenvalue weighted by atomic mass is 10.1. The third kappa shape index (κ3) is 4.36. The molecule has 6 nitrogen and oxygen atoms in total. The lowest BCUT2D eigenvalue weighted by Crippen LogP contribution is -2.27. The highest BCUT2D eigenvalue weighted by molar-refractivity contribution is 7.99. The Hall–Kier alpha value is -2.41. The van der Waals surface area contributed by atoms with Gasteiger partial charge in [-0.2, -0.15) is 4.98 Å². The summed E-state index contributed by atoms with van der Waals surface area (Å²) in [5, 5.41) is 7.90. The van der Waals surface area contributed by atoms with Crippen LogP contribution >= 0.6 is 11.8 Å². The molecular weight excluding hydrogens is 334 g/mol. The molecule has 2 heterocycles. The molecule has 0 bridgehead atoms. The second-order valence-electron chi connectivity index (χ2n) is 5.96. The molecule has 7 heteroatoms. The molecule has 25 heavy (non-hydrogen) atoms. The molecule has 0 saturated carbocycles. The third-order valence-electron chi connectivity index (χ3n) is 3.91. The maximum absolute atomic E-state index is 12.0. The van der Waals surface area contributed by atoms with Gasteiger partial charge >= 0.3 is 0 Å². The minimum atomic E-state index is -0.0155. The molecular formula is C18H21N5OS. The fourth-order valence-electron chi connectivity index (χ4n) is 2.62. The van der Waals surface area contributed by atoms with Gasteiger partial charge in [-0.3, -0.25) is 4.79 Å². The topological polar surface area (TPSA) is 72.2 Å². The summed E-state index contributed by atoms with van der Waals surface area (Å²) in [6, 6.07) is 10.2. The number of rotatable bonds is 6. The molecule has 0 spiro atoms. The quantitative estimate of drug-likeness (QED) is 0.688. The number of carbonyl (C=O) groups is 1. The Bertz CT molecular complexity index is 906. The van der Waals surface area contributed by atoms with E-state index < -0.39 is 0 Å². The number of nitrogens with zero attached hydrogens (tertiary/aromatic N) is 4. The predicted molar refractivity (Wildman–Crippen MR) is 98.9 cm³/mol. The van der Waals surface area contributed by atoms with E-state index in [1.54, 1.807) is 4.52 Å². The van der Waals surface area contributed by atoms with E-state index in [0.717, 1.165) is 17.8 Å². The number of aromatic nitrogens is 4. The minimum absolute atomic E-state index is 0.0155. The average Bonchev–Trinajstić information content (AvgIpc) is 2.98. The van der Waals surface area contributed by atoms with Crippen LogP contribution in [0.3, 0.4) is 0 Å². The molecule has 1 N–H and O–H groups in total.